The first kappa shape index (κ1) is 15.4. The molecule has 0 bridgehead atoms. The minimum atomic E-state index is -2.03. The third-order valence-corrected chi connectivity index (χ3v) is 2.56. The quantitative estimate of drug-likeness (QED) is 0.521. The van der Waals surface area contributed by atoms with Crippen LogP contribution in [0.1, 0.15) is 24.2 Å². The summed E-state index contributed by atoms with van der Waals surface area (Å²) < 4.78 is 52.3. The Balaban J connectivity index is 3.26. The van der Waals surface area contributed by atoms with Gasteiger partial charge in [-0.05, 0) is 19.9 Å². The van der Waals surface area contributed by atoms with Crippen molar-refractivity contribution < 1.29 is 27.5 Å². The molecule has 0 spiro atoms. The molecule has 3 nitrogen and oxygen atoms in total. The molecule has 0 radical (unpaired) electrons. The number of hydrogen-bond donors (Lipinski definition) is 1. The molecule has 0 fully saturated rings. The number of aliphatic hydroxyl groups is 1. The molecule has 0 aliphatic rings. The summed E-state index contributed by atoms with van der Waals surface area (Å²) >= 11 is 0. The Bertz CT molecular complexity index is 491. The van der Waals surface area contributed by atoms with Crippen molar-refractivity contribution in [3.8, 4) is 0 Å². The number of aliphatic hydroxyl groups excluding tert-OH is 1. The van der Waals surface area contributed by atoms with E-state index in [1.54, 1.807) is 13.8 Å². The van der Waals surface area contributed by atoms with Gasteiger partial charge in [0.2, 0.25) is 0 Å². The molecule has 0 atom stereocenters. The van der Waals surface area contributed by atoms with Crippen LogP contribution in [0.3, 0.4) is 0 Å². The molecular formula is C12H13F4NO2. The smallest absolute Gasteiger partial charge is 0.257 e. The molecule has 1 aromatic carbocycles. The molecule has 0 aliphatic carbocycles. The fraction of sp³-hybridized carbons (Fsp3) is 0.417. The molecule has 0 unspecified atom stereocenters. The van der Waals surface area contributed by atoms with Gasteiger partial charge in [0.15, 0.2) is 23.3 Å². The molecule has 0 heterocycles. The molecule has 0 aromatic heterocycles. The van der Waals surface area contributed by atoms with Gasteiger partial charge in [0.05, 0.1) is 12.2 Å². The standard InChI is InChI=1S/C12H13F4NO2/c1-6(2)17(3-4-18)12(19)7-5-8(13)10(15)11(16)9(7)14/h5-6,18H,3-4H2,1-2H3. The van der Waals surface area contributed by atoms with Crippen molar-refractivity contribution in [2.24, 2.45) is 0 Å². The van der Waals surface area contributed by atoms with Gasteiger partial charge in [-0.15, -0.1) is 0 Å². The summed E-state index contributed by atoms with van der Waals surface area (Å²) in [6, 6.07) is -0.113. The third kappa shape index (κ3) is 3.04. The van der Waals surface area contributed by atoms with Gasteiger partial charge in [-0.25, -0.2) is 17.6 Å². The first-order valence-electron chi connectivity index (χ1n) is 5.56. The van der Waals surface area contributed by atoms with Crippen molar-refractivity contribution in [3.05, 3.63) is 34.9 Å². The topological polar surface area (TPSA) is 40.5 Å². The van der Waals surface area contributed by atoms with E-state index in [0.29, 0.717) is 6.07 Å². The second-order valence-electron chi connectivity index (χ2n) is 4.16. The Morgan fingerprint density at radius 2 is 1.79 bits per heavy atom. The molecule has 0 saturated carbocycles. The van der Waals surface area contributed by atoms with Crippen LogP contribution in [0.25, 0.3) is 0 Å². The van der Waals surface area contributed by atoms with Gasteiger partial charge in [-0.2, -0.15) is 0 Å². The number of hydrogen-bond acceptors (Lipinski definition) is 2. The molecule has 1 amide bonds. The SMILES string of the molecule is CC(C)N(CCO)C(=O)c1cc(F)c(F)c(F)c1F. The normalized spacial score (nSPS) is 10.9. The molecule has 1 N–H and O–H groups in total. The Kier molecular flexibility index (Phi) is 4.88. The lowest BCUT2D eigenvalue weighted by Gasteiger charge is -2.26. The van der Waals surface area contributed by atoms with Crippen LogP contribution in [0.2, 0.25) is 0 Å². The van der Waals surface area contributed by atoms with Gasteiger partial charge in [-0.1, -0.05) is 0 Å². The van der Waals surface area contributed by atoms with Gasteiger partial charge < -0.3 is 10.0 Å². The summed E-state index contributed by atoms with van der Waals surface area (Å²) in [5.74, 6) is -8.40. The summed E-state index contributed by atoms with van der Waals surface area (Å²) in [6.07, 6.45) is 0. The van der Waals surface area contributed by atoms with Gasteiger partial charge >= 0.3 is 0 Å². The zero-order valence-electron chi connectivity index (χ0n) is 10.4. The first-order chi connectivity index (χ1) is 8.81. The number of rotatable bonds is 4. The highest BCUT2D eigenvalue weighted by Gasteiger charge is 2.27. The lowest BCUT2D eigenvalue weighted by Crippen LogP contribution is -2.39. The van der Waals surface area contributed by atoms with Crippen molar-refractivity contribution in [2.45, 2.75) is 19.9 Å². The fourth-order valence-corrected chi connectivity index (χ4v) is 1.59. The van der Waals surface area contributed by atoms with E-state index in [4.69, 9.17) is 5.11 Å². The zero-order chi connectivity index (χ0) is 14.7. The van der Waals surface area contributed by atoms with Crippen molar-refractivity contribution in [2.75, 3.05) is 13.2 Å². The lowest BCUT2D eigenvalue weighted by atomic mass is 10.1. The highest BCUT2D eigenvalue weighted by molar-refractivity contribution is 5.94. The zero-order valence-corrected chi connectivity index (χ0v) is 10.4. The molecule has 1 aromatic rings. The lowest BCUT2D eigenvalue weighted by molar-refractivity contribution is 0.0658. The predicted molar refractivity (Wildman–Crippen MR) is 59.5 cm³/mol. The minimum absolute atomic E-state index is 0.128. The van der Waals surface area contributed by atoms with Crippen molar-refractivity contribution in [1.29, 1.82) is 0 Å². The average Bonchev–Trinajstić information content (AvgIpc) is 2.36. The maximum Gasteiger partial charge on any atom is 0.257 e. The van der Waals surface area contributed by atoms with E-state index in [2.05, 4.69) is 0 Å². The van der Waals surface area contributed by atoms with E-state index in [-0.39, 0.29) is 6.54 Å². The molecule has 1 rings (SSSR count). The van der Waals surface area contributed by atoms with E-state index in [1.165, 1.54) is 0 Å². The Morgan fingerprint density at radius 3 is 2.26 bits per heavy atom. The van der Waals surface area contributed by atoms with Gasteiger partial charge in [0.25, 0.3) is 5.91 Å². The van der Waals surface area contributed by atoms with Gasteiger partial charge in [0, 0.05) is 12.6 Å². The van der Waals surface area contributed by atoms with Crippen LogP contribution in [0.15, 0.2) is 6.07 Å². The second kappa shape index (κ2) is 6.01. The summed E-state index contributed by atoms with van der Waals surface area (Å²) in [5.41, 5.74) is -0.904. The van der Waals surface area contributed by atoms with Gasteiger partial charge in [-0.3, -0.25) is 4.79 Å². The van der Waals surface area contributed by atoms with Crippen molar-refractivity contribution in [1.82, 2.24) is 4.90 Å². The number of halogens is 4. The number of nitrogens with zero attached hydrogens (tertiary/aromatic N) is 1. The second-order valence-corrected chi connectivity index (χ2v) is 4.16. The van der Waals surface area contributed by atoms with Crippen LogP contribution in [-0.4, -0.2) is 35.1 Å². The van der Waals surface area contributed by atoms with Crippen LogP contribution < -0.4 is 0 Å². The largest absolute Gasteiger partial charge is 0.395 e. The van der Waals surface area contributed by atoms with E-state index in [0.717, 1.165) is 4.90 Å². The maximum atomic E-state index is 13.5. The maximum absolute atomic E-state index is 13.5. The summed E-state index contributed by atoms with van der Waals surface area (Å²) in [5, 5.41) is 8.81. The molecule has 106 valence electrons. The van der Waals surface area contributed by atoms with E-state index < -0.39 is 47.4 Å². The summed E-state index contributed by atoms with van der Waals surface area (Å²) in [6.45, 7) is 2.65. The molecule has 19 heavy (non-hydrogen) atoms. The number of amides is 1. The highest BCUT2D eigenvalue weighted by atomic mass is 19.2. The third-order valence-electron chi connectivity index (χ3n) is 2.56. The van der Waals surface area contributed by atoms with E-state index in [1.807, 2.05) is 0 Å². The first-order valence-corrected chi connectivity index (χ1v) is 5.56. The van der Waals surface area contributed by atoms with Crippen LogP contribution in [-0.2, 0) is 0 Å². The van der Waals surface area contributed by atoms with Crippen molar-refractivity contribution >= 4 is 5.91 Å². The van der Waals surface area contributed by atoms with Crippen LogP contribution in [0.4, 0.5) is 17.6 Å². The Labute approximate surface area is 107 Å². The minimum Gasteiger partial charge on any atom is -0.395 e. The average molecular weight is 279 g/mol. The molecule has 0 aliphatic heterocycles. The molecule has 7 heteroatoms. The van der Waals surface area contributed by atoms with E-state index in [9.17, 15) is 22.4 Å². The van der Waals surface area contributed by atoms with Gasteiger partial charge in [0.1, 0.15) is 0 Å². The number of carbonyl (C=O) groups is 1. The molecular weight excluding hydrogens is 266 g/mol. The van der Waals surface area contributed by atoms with Crippen LogP contribution in [0, 0.1) is 23.3 Å². The van der Waals surface area contributed by atoms with Crippen molar-refractivity contribution in [3.63, 3.8) is 0 Å². The summed E-state index contributed by atoms with van der Waals surface area (Å²) in [4.78, 5) is 13.0. The summed E-state index contributed by atoms with van der Waals surface area (Å²) in [7, 11) is 0. The monoisotopic (exact) mass is 279 g/mol. The van der Waals surface area contributed by atoms with Crippen LogP contribution in [0.5, 0.6) is 0 Å². The Morgan fingerprint density at radius 1 is 1.21 bits per heavy atom. The number of carbonyl (C=O) groups excluding carboxylic acids is 1. The highest BCUT2D eigenvalue weighted by Crippen LogP contribution is 2.20. The Hall–Kier alpha value is -1.63. The number of benzene rings is 1. The predicted octanol–water partition coefficient (Wildman–Crippen LogP) is 2.09. The fourth-order valence-electron chi connectivity index (χ4n) is 1.59. The van der Waals surface area contributed by atoms with Crippen LogP contribution >= 0.6 is 0 Å². The van der Waals surface area contributed by atoms with E-state index >= 15 is 0 Å². The molecule has 0 saturated heterocycles.